The van der Waals surface area contributed by atoms with Crippen LogP contribution >= 0.6 is 11.6 Å². The zero-order chi connectivity index (χ0) is 21.3. The van der Waals surface area contributed by atoms with E-state index in [1.165, 1.54) is 10.8 Å². The second-order valence-electron chi connectivity index (χ2n) is 7.05. The molecular weight excluding hydrogens is 412 g/mol. The average molecular weight is 437 g/mol. The highest BCUT2D eigenvalue weighted by molar-refractivity contribution is 6.30. The molecule has 0 saturated heterocycles. The largest absolute Gasteiger partial charge is 0.486 e. The third kappa shape index (κ3) is 6.36. The summed E-state index contributed by atoms with van der Waals surface area (Å²) < 4.78 is 11.2. The summed E-state index contributed by atoms with van der Waals surface area (Å²) >= 11 is 5.75. The summed E-state index contributed by atoms with van der Waals surface area (Å²) in [6, 6.07) is 21.7. The first kappa shape index (κ1) is 21.0. The molecule has 3 aromatic rings. The minimum atomic E-state index is 0.502. The molecule has 0 radical (unpaired) electrons. The van der Waals surface area contributed by atoms with Gasteiger partial charge in [0, 0.05) is 18.1 Å². The smallest absolute Gasteiger partial charge is 0.145 e. The fourth-order valence-corrected chi connectivity index (χ4v) is 3.30. The van der Waals surface area contributed by atoms with E-state index >= 15 is 0 Å². The van der Waals surface area contributed by atoms with Crippen molar-refractivity contribution in [2.75, 3.05) is 39.4 Å². The Hall–Kier alpha value is -3.25. The van der Waals surface area contributed by atoms with Crippen molar-refractivity contribution in [3.8, 4) is 11.5 Å². The third-order valence-electron chi connectivity index (χ3n) is 4.77. The molecule has 0 bridgehead atoms. The van der Waals surface area contributed by atoms with Crippen LogP contribution in [0.25, 0.3) is 10.8 Å². The molecule has 2 N–H and O–H groups in total. The first-order chi connectivity index (χ1) is 15.3. The Balaban J connectivity index is 0.000000152. The van der Waals surface area contributed by atoms with E-state index in [1.54, 1.807) is 12.1 Å². The monoisotopic (exact) mass is 436 g/mol. The van der Waals surface area contributed by atoms with E-state index in [0.29, 0.717) is 18.2 Å². The van der Waals surface area contributed by atoms with Crippen LogP contribution in [0, 0.1) is 0 Å². The van der Waals surface area contributed by atoms with Gasteiger partial charge in [-0.05, 0) is 47.2 Å². The number of ether oxygens (including phenoxy) is 2. The van der Waals surface area contributed by atoms with Gasteiger partial charge in [-0.15, -0.1) is 0 Å². The quantitative estimate of drug-likeness (QED) is 0.614. The van der Waals surface area contributed by atoms with Gasteiger partial charge in [0.05, 0.1) is 13.1 Å². The zero-order valence-electron chi connectivity index (χ0n) is 17.2. The van der Waals surface area contributed by atoms with Crippen LogP contribution in [-0.2, 0) is 0 Å². The molecule has 0 atom stereocenters. The van der Waals surface area contributed by atoms with Crippen molar-refractivity contribution in [3.63, 3.8) is 0 Å². The molecule has 2 aliphatic heterocycles. The molecule has 0 fully saturated rings. The number of nitrogens with one attached hydrogen (secondary N) is 2. The normalized spacial score (nSPS) is 14.6. The molecule has 0 amide bonds. The Kier molecular flexibility index (Phi) is 7.24. The predicted octanol–water partition coefficient (Wildman–Crippen LogP) is 3.94. The summed E-state index contributed by atoms with van der Waals surface area (Å²) in [6.45, 7) is 4.57. The van der Waals surface area contributed by atoms with Crippen molar-refractivity contribution >= 4 is 34.0 Å². The number of nitrogens with zero attached hydrogens (tertiary/aromatic N) is 2. The van der Waals surface area contributed by atoms with Crippen LogP contribution in [0.4, 0.5) is 0 Å². The lowest BCUT2D eigenvalue weighted by atomic mass is 10.1. The van der Waals surface area contributed by atoms with Gasteiger partial charge in [0.15, 0.2) is 0 Å². The van der Waals surface area contributed by atoms with Crippen LogP contribution in [0.3, 0.4) is 0 Å². The highest BCUT2D eigenvalue weighted by atomic mass is 35.5. The van der Waals surface area contributed by atoms with Crippen molar-refractivity contribution < 1.29 is 9.47 Å². The first-order valence-electron chi connectivity index (χ1n) is 10.3. The number of halogens is 1. The second-order valence-corrected chi connectivity index (χ2v) is 7.49. The van der Waals surface area contributed by atoms with Gasteiger partial charge < -0.3 is 20.1 Å². The van der Waals surface area contributed by atoms with Crippen molar-refractivity contribution in [3.05, 3.63) is 71.8 Å². The van der Waals surface area contributed by atoms with Gasteiger partial charge in [0.25, 0.3) is 0 Å². The molecule has 0 aromatic heterocycles. The Morgan fingerprint density at radius 3 is 1.90 bits per heavy atom. The van der Waals surface area contributed by atoms with Gasteiger partial charge in [-0.25, -0.2) is 0 Å². The van der Waals surface area contributed by atoms with Crippen LogP contribution in [-0.4, -0.2) is 51.1 Å². The SMILES string of the molecule is Clc1ccc(OCC2=NCCN2)cc1.c1ccc2cc(OCC3=NCCN3)ccc2c1. The van der Waals surface area contributed by atoms with Gasteiger partial charge in [-0.1, -0.05) is 41.9 Å². The average Bonchev–Trinajstić information content (AvgIpc) is 3.52. The van der Waals surface area contributed by atoms with Crippen LogP contribution in [0.1, 0.15) is 0 Å². The summed E-state index contributed by atoms with van der Waals surface area (Å²) in [5.74, 6) is 3.56. The molecular formula is C24H25ClN4O2. The summed E-state index contributed by atoms with van der Waals surface area (Å²) in [7, 11) is 0. The molecule has 0 saturated carbocycles. The van der Waals surface area contributed by atoms with Crippen molar-refractivity contribution in [1.29, 1.82) is 0 Å². The van der Waals surface area contributed by atoms with Crippen LogP contribution in [0.2, 0.25) is 5.02 Å². The molecule has 0 spiro atoms. The number of benzene rings is 3. The molecule has 6 nitrogen and oxygen atoms in total. The second kappa shape index (κ2) is 10.7. The standard InChI is InChI=1S/C14H14N2O.C10H11ClN2O/c1-2-4-12-9-13(6-5-11(12)3-1)17-10-14-15-7-8-16-14;11-8-1-3-9(4-2-8)14-7-10-12-5-6-13-10/h1-6,9H,7-8,10H2,(H,15,16);1-4H,5-7H2,(H,12,13). The molecule has 5 rings (SSSR count). The minimum absolute atomic E-state index is 0.502. The number of hydrogen-bond acceptors (Lipinski definition) is 6. The fraction of sp³-hybridized carbons (Fsp3) is 0.250. The van der Waals surface area contributed by atoms with E-state index in [1.807, 2.05) is 30.3 Å². The molecule has 160 valence electrons. The van der Waals surface area contributed by atoms with Gasteiger partial charge >= 0.3 is 0 Å². The summed E-state index contributed by atoms with van der Waals surface area (Å²) in [6.07, 6.45) is 0. The number of hydrogen-bond donors (Lipinski definition) is 2. The van der Waals surface area contributed by atoms with Gasteiger partial charge in [0.2, 0.25) is 0 Å². The Bertz CT molecular complexity index is 1070. The Morgan fingerprint density at radius 1 is 0.710 bits per heavy atom. The number of rotatable bonds is 6. The number of aliphatic imine (C=N–C) groups is 2. The molecule has 0 aliphatic carbocycles. The summed E-state index contributed by atoms with van der Waals surface area (Å²) in [4.78, 5) is 8.52. The molecule has 2 heterocycles. The van der Waals surface area contributed by atoms with E-state index in [0.717, 1.165) is 49.3 Å². The van der Waals surface area contributed by atoms with Crippen molar-refractivity contribution in [1.82, 2.24) is 10.6 Å². The summed E-state index contributed by atoms with van der Waals surface area (Å²) in [5.41, 5.74) is 0. The summed E-state index contributed by atoms with van der Waals surface area (Å²) in [5, 5.41) is 9.48. The van der Waals surface area contributed by atoms with Crippen LogP contribution in [0.5, 0.6) is 11.5 Å². The molecule has 0 unspecified atom stereocenters. The predicted molar refractivity (Wildman–Crippen MR) is 127 cm³/mol. The highest BCUT2D eigenvalue weighted by Crippen LogP contribution is 2.20. The van der Waals surface area contributed by atoms with Crippen LogP contribution in [0.15, 0.2) is 76.7 Å². The fourth-order valence-electron chi connectivity index (χ4n) is 3.18. The molecule has 7 heteroatoms. The Labute approximate surface area is 187 Å². The lowest BCUT2D eigenvalue weighted by molar-refractivity contribution is 0.373. The zero-order valence-corrected chi connectivity index (χ0v) is 17.9. The van der Waals surface area contributed by atoms with E-state index in [9.17, 15) is 0 Å². The van der Waals surface area contributed by atoms with Gasteiger partial charge in [-0.3, -0.25) is 9.98 Å². The number of amidine groups is 2. The maximum absolute atomic E-state index is 5.75. The Morgan fingerprint density at radius 2 is 1.29 bits per heavy atom. The van der Waals surface area contributed by atoms with E-state index in [4.69, 9.17) is 21.1 Å². The topological polar surface area (TPSA) is 67.2 Å². The maximum Gasteiger partial charge on any atom is 0.145 e. The van der Waals surface area contributed by atoms with Crippen molar-refractivity contribution in [2.24, 2.45) is 9.98 Å². The number of fused-ring (bicyclic) bond motifs is 1. The van der Waals surface area contributed by atoms with E-state index < -0.39 is 0 Å². The van der Waals surface area contributed by atoms with E-state index in [2.05, 4.69) is 44.9 Å². The maximum atomic E-state index is 5.75. The molecule has 31 heavy (non-hydrogen) atoms. The van der Waals surface area contributed by atoms with E-state index in [-0.39, 0.29) is 0 Å². The molecule has 3 aromatic carbocycles. The van der Waals surface area contributed by atoms with Gasteiger partial charge in [0.1, 0.15) is 36.4 Å². The third-order valence-corrected chi connectivity index (χ3v) is 5.02. The van der Waals surface area contributed by atoms with Gasteiger partial charge in [-0.2, -0.15) is 0 Å². The molecule has 2 aliphatic rings. The first-order valence-corrected chi connectivity index (χ1v) is 10.7. The minimum Gasteiger partial charge on any atom is -0.486 e. The van der Waals surface area contributed by atoms with Crippen molar-refractivity contribution in [2.45, 2.75) is 0 Å². The van der Waals surface area contributed by atoms with Crippen LogP contribution < -0.4 is 20.1 Å². The lowest BCUT2D eigenvalue weighted by Gasteiger charge is -2.07. The lowest BCUT2D eigenvalue weighted by Crippen LogP contribution is -2.24. The highest BCUT2D eigenvalue weighted by Gasteiger charge is 2.06.